The van der Waals surface area contributed by atoms with Crippen LogP contribution in [0.5, 0.6) is 0 Å². The Bertz CT molecular complexity index is 5390. The predicted molar refractivity (Wildman–Crippen MR) is 358 cm³/mol. The Morgan fingerprint density at radius 3 is 0.857 bits per heavy atom. The summed E-state index contributed by atoms with van der Waals surface area (Å²) in [4.78, 5) is 0. The van der Waals surface area contributed by atoms with Crippen molar-refractivity contribution in [2.75, 3.05) is 0 Å². The van der Waals surface area contributed by atoms with Gasteiger partial charge in [-0.1, -0.05) is 249 Å². The van der Waals surface area contributed by atoms with E-state index in [0.29, 0.717) is 0 Å². The van der Waals surface area contributed by atoms with Gasteiger partial charge < -0.3 is 9.13 Å². The van der Waals surface area contributed by atoms with E-state index < -0.39 is 0 Å². The number of nitrogens with zero attached hydrogens (tertiary/aromatic N) is 2. The second-order valence-corrected chi connectivity index (χ2v) is 22.3. The molecule has 0 atom stereocenters. The molecule has 0 radical (unpaired) electrons. The van der Waals surface area contributed by atoms with Gasteiger partial charge in [-0.2, -0.15) is 0 Å². The van der Waals surface area contributed by atoms with E-state index >= 15 is 0 Å². The maximum absolute atomic E-state index is 2.46. The fraction of sp³-hybridized carbons (Fsp3) is 0. The maximum atomic E-state index is 2.46. The van der Waals surface area contributed by atoms with Gasteiger partial charge in [0.25, 0.3) is 0 Å². The molecule has 0 aliphatic heterocycles. The topological polar surface area (TPSA) is 9.86 Å². The number of hydrogen-bond donors (Lipinski definition) is 0. The van der Waals surface area contributed by atoms with Crippen molar-refractivity contribution in [3.05, 3.63) is 315 Å². The Morgan fingerprint density at radius 1 is 0.143 bits per heavy atom. The van der Waals surface area contributed by atoms with Crippen LogP contribution in [0.1, 0.15) is 0 Å². The lowest BCUT2D eigenvalue weighted by Crippen LogP contribution is -1.95. The van der Waals surface area contributed by atoms with Crippen LogP contribution in [-0.4, -0.2) is 9.13 Å². The molecule has 0 unspecified atom stereocenters. The highest BCUT2D eigenvalue weighted by Crippen LogP contribution is 2.48. The summed E-state index contributed by atoms with van der Waals surface area (Å²) in [5.41, 5.74) is 21.6. The van der Waals surface area contributed by atoms with Crippen LogP contribution in [0, 0.1) is 0 Å². The van der Waals surface area contributed by atoms with Gasteiger partial charge in [0.05, 0.1) is 22.1 Å². The van der Waals surface area contributed by atoms with E-state index in [1.807, 2.05) is 0 Å². The molecule has 15 aromatic carbocycles. The molecule has 0 saturated heterocycles. The zero-order valence-corrected chi connectivity index (χ0v) is 45.9. The van der Waals surface area contributed by atoms with E-state index in [1.165, 1.54) is 153 Å². The van der Waals surface area contributed by atoms with Gasteiger partial charge in [0.15, 0.2) is 0 Å². The summed E-state index contributed by atoms with van der Waals surface area (Å²) in [7, 11) is 0. The third-order valence-electron chi connectivity index (χ3n) is 17.7. The molecular weight excluding hydrogens is 1010 g/mol. The third-order valence-corrected chi connectivity index (χ3v) is 17.7. The highest BCUT2D eigenvalue weighted by molar-refractivity contribution is 6.24. The highest BCUT2D eigenvalue weighted by atomic mass is 15.0. The molecule has 0 N–H and O–H groups in total. The molecule has 2 heteroatoms. The first kappa shape index (κ1) is 47.7. The minimum absolute atomic E-state index is 1.14. The van der Waals surface area contributed by atoms with Gasteiger partial charge in [-0.15, -0.1) is 0 Å². The summed E-state index contributed by atoms with van der Waals surface area (Å²) in [5.74, 6) is 0. The van der Waals surface area contributed by atoms with Crippen LogP contribution in [0.4, 0.5) is 0 Å². The van der Waals surface area contributed by atoms with Crippen molar-refractivity contribution in [2.24, 2.45) is 0 Å². The van der Waals surface area contributed by atoms with Crippen LogP contribution in [0.2, 0.25) is 0 Å². The lowest BCUT2D eigenvalue weighted by molar-refractivity contribution is 1.18. The number of hydrogen-bond acceptors (Lipinski definition) is 0. The summed E-state index contributed by atoms with van der Waals surface area (Å²) in [5, 5.41) is 14.9. The van der Waals surface area contributed by atoms with E-state index in [9.17, 15) is 0 Å². The number of benzene rings is 15. The predicted octanol–water partition coefficient (Wildman–Crippen LogP) is 22.5. The second kappa shape index (κ2) is 19.3. The zero-order chi connectivity index (χ0) is 55.2. The Balaban J connectivity index is 0.829. The summed E-state index contributed by atoms with van der Waals surface area (Å²) in [6.07, 6.45) is 0. The summed E-state index contributed by atoms with van der Waals surface area (Å²) in [6, 6.07) is 117. The third kappa shape index (κ3) is 7.51. The van der Waals surface area contributed by atoms with Crippen molar-refractivity contribution < 1.29 is 0 Å². The van der Waals surface area contributed by atoms with E-state index in [-0.39, 0.29) is 0 Å². The minimum atomic E-state index is 1.14. The van der Waals surface area contributed by atoms with Crippen LogP contribution in [-0.2, 0) is 0 Å². The maximum Gasteiger partial charge on any atom is 0.0541 e. The molecule has 0 aliphatic rings. The summed E-state index contributed by atoms with van der Waals surface area (Å²) >= 11 is 0. The zero-order valence-electron chi connectivity index (χ0n) is 45.9. The van der Waals surface area contributed by atoms with Crippen LogP contribution in [0.3, 0.4) is 0 Å². The van der Waals surface area contributed by atoms with Gasteiger partial charge in [-0.3, -0.25) is 0 Å². The molecule has 17 rings (SSSR count). The number of fused-ring (bicyclic) bond motifs is 10. The smallest absolute Gasteiger partial charge is 0.0541 e. The van der Waals surface area contributed by atoms with Crippen LogP contribution in [0.15, 0.2) is 315 Å². The first-order valence-electron chi connectivity index (χ1n) is 29.1. The van der Waals surface area contributed by atoms with E-state index in [0.717, 1.165) is 11.4 Å². The molecule has 0 saturated carbocycles. The molecule has 2 heterocycles. The van der Waals surface area contributed by atoms with Crippen LogP contribution >= 0.6 is 0 Å². The average molecular weight is 1070 g/mol. The number of para-hydroxylation sites is 4. The molecule has 2 nitrogen and oxygen atoms in total. The van der Waals surface area contributed by atoms with Gasteiger partial charge in [0.1, 0.15) is 0 Å². The molecule has 0 spiro atoms. The number of aromatic nitrogens is 2. The molecular formula is C82H52N2. The van der Waals surface area contributed by atoms with Crippen molar-refractivity contribution in [1.82, 2.24) is 9.13 Å². The molecule has 390 valence electrons. The van der Waals surface area contributed by atoms with Gasteiger partial charge in [-0.05, 0) is 177 Å². The van der Waals surface area contributed by atoms with Crippen molar-refractivity contribution in [3.63, 3.8) is 0 Å². The first-order chi connectivity index (χ1) is 41.7. The summed E-state index contributed by atoms with van der Waals surface area (Å²) in [6.45, 7) is 0. The lowest BCUT2D eigenvalue weighted by Gasteiger charge is -2.20. The standard InChI is InChI=1S/C82H52N2/c1-4-20-54(21-5-1)81-68-31-12-10-29-66(68)79(56-38-36-53(37-39-56)58-44-49-78-72(50-58)65-28-16-19-35-77(65)83(78)61-24-8-3-9-25-61)70-47-42-59(51-73(70)81)60-43-48-71-74(52-60)82(55-22-6-2-7-23-55)69-32-13-11-30-67(69)80(71)57-40-45-62(46-41-57)84-75-33-17-14-26-63(75)64-27-15-18-34-76(64)84/h1-52H. The van der Waals surface area contributed by atoms with Gasteiger partial charge in [0.2, 0.25) is 0 Å². The van der Waals surface area contributed by atoms with Crippen molar-refractivity contribution in [1.29, 1.82) is 0 Å². The fourth-order valence-corrected chi connectivity index (χ4v) is 14.0. The van der Waals surface area contributed by atoms with Gasteiger partial charge in [0, 0.05) is 32.9 Å². The summed E-state index contributed by atoms with van der Waals surface area (Å²) < 4.78 is 4.78. The fourth-order valence-electron chi connectivity index (χ4n) is 14.0. The van der Waals surface area contributed by atoms with Gasteiger partial charge in [-0.25, -0.2) is 0 Å². The van der Waals surface area contributed by atoms with E-state index in [4.69, 9.17) is 0 Å². The van der Waals surface area contributed by atoms with Crippen LogP contribution in [0.25, 0.3) is 165 Å². The molecule has 84 heavy (non-hydrogen) atoms. The van der Waals surface area contributed by atoms with Crippen molar-refractivity contribution in [3.8, 4) is 78.1 Å². The Kier molecular flexibility index (Phi) is 11.0. The van der Waals surface area contributed by atoms with E-state index in [1.54, 1.807) is 0 Å². The number of rotatable bonds is 8. The van der Waals surface area contributed by atoms with Crippen molar-refractivity contribution in [2.45, 2.75) is 0 Å². The molecule has 0 amide bonds. The average Bonchev–Trinajstić information content (AvgIpc) is 1.42. The molecule has 0 fully saturated rings. The molecule has 2 aromatic heterocycles. The van der Waals surface area contributed by atoms with Gasteiger partial charge >= 0.3 is 0 Å². The Labute approximate surface area is 486 Å². The normalized spacial score (nSPS) is 11.8. The van der Waals surface area contributed by atoms with Crippen molar-refractivity contribution >= 4 is 86.7 Å². The highest BCUT2D eigenvalue weighted by Gasteiger charge is 2.22. The molecule has 17 aromatic rings. The second-order valence-electron chi connectivity index (χ2n) is 22.3. The quantitative estimate of drug-likeness (QED) is 0.134. The largest absolute Gasteiger partial charge is 0.309 e. The Hall–Kier alpha value is -11.1. The first-order valence-corrected chi connectivity index (χ1v) is 29.1. The SMILES string of the molecule is c1ccc(-c2c3ccccc3c(-c3ccc(-c4ccc5c(c4)c4ccccc4n5-c4ccccc4)cc3)c3ccc(-c4ccc5c(-c6ccc(-n7c8ccccc8c8ccccc87)cc6)c6ccccc6c(-c6ccccc6)c5c4)cc23)cc1. The minimum Gasteiger partial charge on any atom is -0.309 e. The molecule has 0 bridgehead atoms. The van der Waals surface area contributed by atoms with E-state index in [2.05, 4.69) is 325 Å². The van der Waals surface area contributed by atoms with Crippen LogP contribution < -0.4 is 0 Å². The monoisotopic (exact) mass is 1060 g/mol. The Morgan fingerprint density at radius 2 is 0.405 bits per heavy atom. The lowest BCUT2D eigenvalue weighted by atomic mass is 9.83. The molecule has 0 aliphatic carbocycles.